The molecule has 0 aliphatic carbocycles. The average molecular weight is 303 g/mol. The van der Waals surface area contributed by atoms with E-state index >= 15 is 0 Å². The summed E-state index contributed by atoms with van der Waals surface area (Å²) in [4.78, 5) is 0. The van der Waals surface area contributed by atoms with E-state index in [0.717, 1.165) is 17.4 Å². The van der Waals surface area contributed by atoms with E-state index in [-0.39, 0.29) is 0 Å². The van der Waals surface area contributed by atoms with E-state index in [0.29, 0.717) is 6.04 Å². The van der Waals surface area contributed by atoms with Crippen LogP contribution in [0.5, 0.6) is 0 Å². The highest BCUT2D eigenvalue weighted by molar-refractivity contribution is 9.10. The van der Waals surface area contributed by atoms with Crippen LogP contribution in [0.2, 0.25) is 0 Å². The summed E-state index contributed by atoms with van der Waals surface area (Å²) in [5.74, 6) is 0. The number of nitrogens with one attached hydrogen (secondary N) is 2. The second-order valence-electron chi connectivity index (χ2n) is 4.51. The molecule has 0 saturated heterocycles. The van der Waals surface area contributed by atoms with Crippen molar-refractivity contribution in [2.75, 3.05) is 17.2 Å². The standard InChI is InChI=1S/C15H15BrN2/c16-12-7-5-11(6-8-12)13-9-10-17-14-3-1-2-4-15(14)18-13/h1-8,13,17-18H,9-10H2. The Morgan fingerprint density at radius 1 is 0.944 bits per heavy atom. The van der Waals surface area contributed by atoms with E-state index in [1.165, 1.54) is 16.9 Å². The van der Waals surface area contributed by atoms with Gasteiger partial charge >= 0.3 is 0 Å². The summed E-state index contributed by atoms with van der Waals surface area (Å²) in [6, 6.07) is 17.3. The van der Waals surface area contributed by atoms with Crippen molar-refractivity contribution in [3.8, 4) is 0 Å². The molecule has 2 nitrogen and oxygen atoms in total. The Morgan fingerprint density at radius 3 is 2.44 bits per heavy atom. The van der Waals surface area contributed by atoms with Gasteiger partial charge in [-0.15, -0.1) is 0 Å². The Hall–Kier alpha value is -1.48. The zero-order valence-corrected chi connectivity index (χ0v) is 11.6. The van der Waals surface area contributed by atoms with Crippen molar-refractivity contribution in [1.82, 2.24) is 0 Å². The Morgan fingerprint density at radius 2 is 1.67 bits per heavy atom. The van der Waals surface area contributed by atoms with Crippen molar-refractivity contribution < 1.29 is 0 Å². The third-order valence-corrected chi connectivity index (χ3v) is 3.81. The number of hydrogen-bond acceptors (Lipinski definition) is 2. The van der Waals surface area contributed by atoms with Crippen LogP contribution in [0.25, 0.3) is 0 Å². The molecule has 1 unspecified atom stereocenters. The molecular weight excluding hydrogens is 288 g/mol. The minimum Gasteiger partial charge on any atom is -0.383 e. The summed E-state index contributed by atoms with van der Waals surface area (Å²) in [7, 11) is 0. The minimum atomic E-state index is 0.370. The van der Waals surface area contributed by atoms with Gasteiger partial charge in [0.2, 0.25) is 0 Å². The maximum absolute atomic E-state index is 3.62. The lowest BCUT2D eigenvalue weighted by molar-refractivity contribution is 0.731. The van der Waals surface area contributed by atoms with Crippen LogP contribution >= 0.6 is 15.9 Å². The second kappa shape index (κ2) is 5.02. The number of fused-ring (bicyclic) bond motifs is 1. The molecule has 3 rings (SSSR count). The van der Waals surface area contributed by atoms with Gasteiger partial charge in [-0.2, -0.15) is 0 Å². The highest BCUT2D eigenvalue weighted by atomic mass is 79.9. The first-order chi connectivity index (χ1) is 8.83. The first-order valence-electron chi connectivity index (χ1n) is 6.18. The number of rotatable bonds is 1. The Bertz CT molecular complexity index is 536. The van der Waals surface area contributed by atoms with E-state index in [4.69, 9.17) is 0 Å². The van der Waals surface area contributed by atoms with Crippen molar-refractivity contribution in [1.29, 1.82) is 0 Å². The molecule has 0 saturated carbocycles. The molecule has 1 aliphatic heterocycles. The lowest BCUT2D eigenvalue weighted by Crippen LogP contribution is -2.10. The van der Waals surface area contributed by atoms with Gasteiger partial charge in [0.25, 0.3) is 0 Å². The molecule has 18 heavy (non-hydrogen) atoms. The number of halogens is 1. The first-order valence-corrected chi connectivity index (χ1v) is 6.97. The highest BCUT2D eigenvalue weighted by Crippen LogP contribution is 2.31. The molecule has 3 heteroatoms. The molecule has 2 aromatic rings. The first kappa shape index (κ1) is 11.6. The highest BCUT2D eigenvalue weighted by Gasteiger charge is 2.16. The van der Waals surface area contributed by atoms with Gasteiger partial charge in [-0.3, -0.25) is 0 Å². The number of anilines is 2. The van der Waals surface area contributed by atoms with Crippen molar-refractivity contribution >= 4 is 27.3 Å². The molecule has 92 valence electrons. The third-order valence-electron chi connectivity index (χ3n) is 3.28. The lowest BCUT2D eigenvalue weighted by atomic mass is 10.0. The number of hydrogen-bond donors (Lipinski definition) is 2. The summed E-state index contributed by atoms with van der Waals surface area (Å²) < 4.78 is 1.12. The molecule has 0 radical (unpaired) electrons. The fraction of sp³-hybridized carbons (Fsp3) is 0.200. The number of benzene rings is 2. The van der Waals surface area contributed by atoms with Gasteiger partial charge < -0.3 is 10.6 Å². The largest absolute Gasteiger partial charge is 0.383 e. The maximum atomic E-state index is 3.62. The minimum absolute atomic E-state index is 0.370. The van der Waals surface area contributed by atoms with E-state index < -0.39 is 0 Å². The Kier molecular flexibility index (Phi) is 3.24. The molecular formula is C15H15BrN2. The van der Waals surface area contributed by atoms with Crippen LogP contribution in [0.15, 0.2) is 53.0 Å². The van der Waals surface area contributed by atoms with Gasteiger partial charge in [0, 0.05) is 11.0 Å². The van der Waals surface area contributed by atoms with Crippen LogP contribution in [0.1, 0.15) is 18.0 Å². The quantitative estimate of drug-likeness (QED) is 0.815. The smallest absolute Gasteiger partial charge is 0.0580 e. The molecule has 2 aromatic carbocycles. The molecule has 0 aromatic heterocycles. The van der Waals surface area contributed by atoms with Crippen LogP contribution < -0.4 is 10.6 Å². The average Bonchev–Trinajstić information content (AvgIpc) is 2.61. The van der Waals surface area contributed by atoms with Gasteiger partial charge in [0.05, 0.1) is 17.4 Å². The predicted octanol–water partition coefficient (Wildman–Crippen LogP) is 4.42. The summed E-state index contributed by atoms with van der Waals surface area (Å²) in [6.45, 7) is 0.991. The van der Waals surface area contributed by atoms with Crippen molar-refractivity contribution in [2.45, 2.75) is 12.5 Å². The molecule has 0 amide bonds. The van der Waals surface area contributed by atoms with Gasteiger partial charge in [-0.05, 0) is 36.2 Å². The zero-order chi connectivity index (χ0) is 12.4. The van der Waals surface area contributed by atoms with Crippen molar-refractivity contribution in [3.63, 3.8) is 0 Å². The van der Waals surface area contributed by atoms with Gasteiger partial charge in [-0.25, -0.2) is 0 Å². The molecule has 1 atom stereocenters. The third kappa shape index (κ3) is 2.36. The summed E-state index contributed by atoms with van der Waals surface area (Å²) in [6.07, 6.45) is 1.08. The molecule has 0 bridgehead atoms. The summed E-state index contributed by atoms with van der Waals surface area (Å²) in [5.41, 5.74) is 3.71. The van der Waals surface area contributed by atoms with Crippen LogP contribution in [0.4, 0.5) is 11.4 Å². The fourth-order valence-electron chi connectivity index (χ4n) is 2.32. The molecule has 1 aliphatic rings. The molecule has 1 heterocycles. The molecule has 0 fully saturated rings. The van der Waals surface area contributed by atoms with Crippen LogP contribution in [0, 0.1) is 0 Å². The monoisotopic (exact) mass is 302 g/mol. The van der Waals surface area contributed by atoms with Gasteiger partial charge in [0.1, 0.15) is 0 Å². The van der Waals surface area contributed by atoms with E-state index in [9.17, 15) is 0 Å². The summed E-state index contributed by atoms with van der Waals surface area (Å²) in [5, 5.41) is 7.08. The SMILES string of the molecule is Brc1ccc(C2CCNc3ccccc3N2)cc1. The zero-order valence-electron chi connectivity index (χ0n) is 9.99. The normalized spacial score (nSPS) is 18.2. The Labute approximate surface area is 116 Å². The second-order valence-corrected chi connectivity index (χ2v) is 5.43. The van der Waals surface area contributed by atoms with Crippen LogP contribution in [-0.4, -0.2) is 6.54 Å². The molecule has 0 spiro atoms. The Balaban J connectivity index is 1.89. The topological polar surface area (TPSA) is 24.1 Å². The van der Waals surface area contributed by atoms with Gasteiger partial charge in [0.15, 0.2) is 0 Å². The predicted molar refractivity (Wildman–Crippen MR) is 80.1 cm³/mol. The van der Waals surface area contributed by atoms with Crippen LogP contribution in [-0.2, 0) is 0 Å². The van der Waals surface area contributed by atoms with E-state index in [2.05, 4.69) is 75.1 Å². The van der Waals surface area contributed by atoms with E-state index in [1.54, 1.807) is 0 Å². The number of para-hydroxylation sites is 2. The van der Waals surface area contributed by atoms with Gasteiger partial charge in [-0.1, -0.05) is 40.2 Å². The van der Waals surface area contributed by atoms with E-state index in [1.807, 2.05) is 0 Å². The fourth-order valence-corrected chi connectivity index (χ4v) is 2.58. The summed E-state index contributed by atoms with van der Waals surface area (Å²) >= 11 is 3.48. The maximum Gasteiger partial charge on any atom is 0.0580 e. The lowest BCUT2D eigenvalue weighted by Gasteiger charge is -2.18. The van der Waals surface area contributed by atoms with Crippen molar-refractivity contribution in [3.05, 3.63) is 58.6 Å². The van der Waals surface area contributed by atoms with Crippen LogP contribution in [0.3, 0.4) is 0 Å². The molecule has 2 N–H and O–H groups in total. The van der Waals surface area contributed by atoms with Crippen molar-refractivity contribution in [2.24, 2.45) is 0 Å².